The number of hydrogen-bond donors (Lipinski definition) is 1. The summed E-state index contributed by atoms with van der Waals surface area (Å²) < 4.78 is 25.1. The van der Waals surface area contributed by atoms with Crippen LogP contribution in [0.1, 0.15) is 17.5 Å². The van der Waals surface area contributed by atoms with Crippen LogP contribution in [0, 0.1) is 6.92 Å². The summed E-state index contributed by atoms with van der Waals surface area (Å²) in [6, 6.07) is 12.0. The topological polar surface area (TPSA) is 83.5 Å². The third kappa shape index (κ3) is 3.77. The average Bonchev–Trinajstić information content (AvgIpc) is 2.87. The van der Waals surface area contributed by atoms with Crippen molar-refractivity contribution < 1.29 is 18.0 Å². The second-order valence-corrected chi connectivity index (χ2v) is 8.52. The molecule has 0 unspecified atom stereocenters. The van der Waals surface area contributed by atoms with E-state index in [-0.39, 0.29) is 35.3 Å². The third-order valence-corrected chi connectivity index (χ3v) is 6.10. The number of carbonyl (C=O) groups excluding carboxylic acids is 2. The van der Waals surface area contributed by atoms with Gasteiger partial charge in [0.05, 0.1) is 17.1 Å². The van der Waals surface area contributed by atoms with Crippen molar-refractivity contribution in [3.8, 4) is 0 Å². The summed E-state index contributed by atoms with van der Waals surface area (Å²) in [7, 11) is -1.94. The lowest BCUT2D eigenvalue weighted by atomic mass is 10.2. The van der Waals surface area contributed by atoms with Crippen LogP contribution in [-0.4, -0.2) is 33.0 Å². The van der Waals surface area contributed by atoms with Crippen LogP contribution < -0.4 is 10.2 Å². The van der Waals surface area contributed by atoms with Crippen molar-refractivity contribution in [2.24, 2.45) is 0 Å². The van der Waals surface area contributed by atoms with Gasteiger partial charge in [0.25, 0.3) is 0 Å². The van der Waals surface area contributed by atoms with Crippen LogP contribution >= 0.6 is 0 Å². The fourth-order valence-corrected chi connectivity index (χ4v) is 4.22. The van der Waals surface area contributed by atoms with Gasteiger partial charge in [-0.25, -0.2) is 8.42 Å². The first-order chi connectivity index (χ1) is 12.3. The third-order valence-electron chi connectivity index (χ3n) is 4.39. The van der Waals surface area contributed by atoms with Gasteiger partial charge >= 0.3 is 0 Å². The maximum atomic E-state index is 12.5. The van der Waals surface area contributed by atoms with Gasteiger partial charge < -0.3 is 10.2 Å². The number of nitrogens with zero attached hydrogens (tertiary/aromatic N) is 1. The van der Waals surface area contributed by atoms with Crippen molar-refractivity contribution in [3.05, 3.63) is 53.6 Å². The molecule has 0 saturated carbocycles. The van der Waals surface area contributed by atoms with Crippen LogP contribution in [0.15, 0.2) is 47.4 Å². The maximum absolute atomic E-state index is 12.5. The maximum Gasteiger partial charge on any atom is 0.231 e. The second-order valence-electron chi connectivity index (χ2n) is 6.41. The molecular weight excluding hydrogens is 352 g/mol. The summed E-state index contributed by atoms with van der Waals surface area (Å²) in [4.78, 5) is 25.4. The molecule has 0 saturated heterocycles. The summed E-state index contributed by atoms with van der Waals surface area (Å²) in [5.74, 6) is -0.699. The highest BCUT2D eigenvalue weighted by atomic mass is 32.2. The minimum absolute atomic E-state index is 0.0629. The van der Waals surface area contributed by atoms with E-state index in [9.17, 15) is 18.0 Å². The number of hydrogen-bond acceptors (Lipinski definition) is 4. The number of amides is 2. The Balaban J connectivity index is 1.67. The molecule has 3 rings (SSSR count). The van der Waals surface area contributed by atoms with Crippen molar-refractivity contribution >= 4 is 33.0 Å². The van der Waals surface area contributed by atoms with Gasteiger partial charge in [-0.15, -0.1) is 0 Å². The van der Waals surface area contributed by atoms with Gasteiger partial charge in [-0.1, -0.05) is 12.1 Å². The molecule has 1 N–H and O–H groups in total. The van der Waals surface area contributed by atoms with Crippen molar-refractivity contribution in [2.75, 3.05) is 23.0 Å². The van der Waals surface area contributed by atoms with Gasteiger partial charge in [0.2, 0.25) is 11.8 Å². The predicted octanol–water partition coefficient (Wildman–Crippen LogP) is 2.32. The lowest BCUT2D eigenvalue weighted by Gasteiger charge is -2.11. The molecule has 0 atom stereocenters. The predicted molar refractivity (Wildman–Crippen MR) is 100 cm³/mol. The fourth-order valence-electron chi connectivity index (χ4n) is 2.93. The standard InChI is InChI=1S/C19H20N2O4S/c1-13-4-3-5-15(10-13)20-18(22)8-9-26(24,25)16-6-7-17-14(11-16)12-19(23)21(17)2/h3-7,10-11H,8-9,12H2,1-2H3,(H,20,22). The number of aryl methyl sites for hydroxylation is 1. The summed E-state index contributed by atoms with van der Waals surface area (Å²) in [5, 5.41) is 2.71. The van der Waals surface area contributed by atoms with E-state index in [2.05, 4.69) is 5.32 Å². The molecule has 0 spiro atoms. The zero-order chi connectivity index (χ0) is 18.9. The van der Waals surface area contributed by atoms with E-state index in [0.717, 1.165) is 11.3 Å². The first-order valence-corrected chi connectivity index (χ1v) is 9.90. The SMILES string of the molecule is Cc1cccc(NC(=O)CCS(=O)(=O)c2ccc3c(c2)CC(=O)N3C)c1. The normalized spacial score (nSPS) is 13.6. The van der Waals surface area contributed by atoms with Crippen LogP contribution in [0.2, 0.25) is 0 Å². The molecule has 0 aliphatic carbocycles. The molecule has 1 aliphatic heterocycles. The van der Waals surface area contributed by atoms with Gasteiger partial charge in [0, 0.05) is 24.8 Å². The van der Waals surface area contributed by atoms with Crippen molar-refractivity contribution in [1.82, 2.24) is 0 Å². The number of anilines is 2. The zero-order valence-electron chi connectivity index (χ0n) is 14.7. The van der Waals surface area contributed by atoms with E-state index in [1.807, 2.05) is 25.1 Å². The quantitative estimate of drug-likeness (QED) is 0.873. The van der Waals surface area contributed by atoms with Crippen LogP contribution in [0.4, 0.5) is 11.4 Å². The number of fused-ring (bicyclic) bond motifs is 1. The highest BCUT2D eigenvalue weighted by molar-refractivity contribution is 7.91. The molecule has 136 valence electrons. The number of likely N-dealkylation sites (N-methyl/N-ethyl adjacent to an activating group) is 1. The van der Waals surface area contributed by atoms with E-state index in [1.54, 1.807) is 19.2 Å². The summed E-state index contributed by atoms with van der Waals surface area (Å²) >= 11 is 0. The second kappa shape index (κ2) is 6.92. The Kier molecular flexibility index (Phi) is 4.82. The van der Waals surface area contributed by atoms with Crippen LogP contribution in [0.5, 0.6) is 0 Å². The molecule has 26 heavy (non-hydrogen) atoms. The largest absolute Gasteiger partial charge is 0.326 e. The minimum atomic E-state index is -3.60. The molecule has 0 fully saturated rings. The van der Waals surface area contributed by atoms with E-state index >= 15 is 0 Å². The molecule has 0 bridgehead atoms. The molecule has 0 aromatic heterocycles. The Hall–Kier alpha value is -2.67. The smallest absolute Gasteiger partial charge is 0.231 e. The molecule has 2 aromatic rings. The van der Waals surface area contributed by atoms with Gasteiger partial charge in [-0.05, 0) is 48.4 Å². The Morgan fingerprint density at radius 1 is 1.19 bits per heavy atom. The summed E-state index contributed by atoms with van der Waals surface area (Å²) in [6.45, 7) is 1.91. The van der Waals surface area contributed by atoms with Gasteiger partial charge in [-0.3, -0.25) is 9.59 Å². The highest BCUT2D eigenvalue weighted by Gasteiger charge is 2.26. The average molecular weight is 372 g/mol. The molecule has 7 heteroatoms. The molecule has 0 radical (unpaired) electrons. The van der Waals surface area contributed by atoms with Crippen molar-refractivity contribution in [3.63, 3.8) is 0 Å². The van der Waals surface area contributed by atoms with Crippen molar-refractivity contribution in [1.29, 1.82) is 0 Å². The summed E-state index contributed by atoms with van der Waals surface area (Å²) in [5.41, 5.74) is 3.08. The Bertz CT molecular complexity index is 983. The fraction of sp³-hybridized carbons (Fsp3) is 0.263. The lowest BCUT2D eigenvalue weighted by molar-refractivity contribution is -0.117. The van der Waals surface area contributed by atoms with E-state index < -0.39 is 9.84 Å². The first-order valence-electron chi connectivity index (χ1n) is 8.25. The van der Waals surface area contributed by atoms with E-state index in [1.165, 1.54) is 17.0 Å². The van der Waals surface area contributed by atoms with Crippen LogP contribution in [0.3, 0.4) is 0 Å². The zero-order valence-corrected chi connectivity index (χ0v) is 15.5. The highest BCUT2D eigenvalue weighted by Crippen LogP contribution is 2.30. The number of nitrogens with one attached hydrogen (secondary N) is 1. The van der Waals surface area contributed by atoms with Gasteiger partial charge in [0.1, 0.15) is 0 Å². The summed E-state index contributed by atoms with van der Waals surface area (Å²) in [6.07, 6.45) is 0.0647. The van der Waals surface area contributed by atoms with Gasteiger partial charge in [0.15, 0.2) is 9.84 Å². The van der Waals surface area contributed by atoms with Crippen molar-refractivity contribution in [2.45, 2.75) is 24.7 Å². The monoisotopic (exact) mass is 372 g/mol. The minimum Gasteiger partial charge on any atom is -0.326 e. The lowest BCUT2D eigenvalue weighted by Crippen LogP contribution is -2.20. The number of carbonyl (C=O) groups is 2. The van der Waals surface area contributed by atoms with Crippen LogP contribution in [0.25, 0.3) is 0 Å². The molecule has 1 aliphatic rings. The Labute approximate surface area is 152 Å². The van der Waals surface area contributed by atoms with E-state index in [4.69, 9.17) is 0 Å². The molecule has 2 aromatic carbocycles. The first kappa shape index (κ1) is 18.1. The Morgan fingerprint density at radius 2 is 1.96 bits per heavy atom. The van der Waals surface area contributed by atoms with E-state index in [0.29, 0.717) is 11.3 Å². The van der Waals surface area contributed by atoms with Gasteiger partial charge in [-0.2, -0.15) is 0 Å². The molecule has 6 nitrogen and oxygen atoms in total. The number of sulfone groups is 1. The molecular formula is C19H20N2O4S. The molecule has 1 heterocycles. The number of rotatable bonds is 5. The Morgan fingerprint density at radius 3 is 2.69 bits per heavy atom. The number of benzene rings is 2. The molecule has 2 amide bonds. The van der Waals surface area contributed by atoms with Crippen LogP contribution in [-0.2, 0) is 25.8 Å².